The van der Waals surface area contributed by atoms with Crippen molar-refractivity contribution in [1.82, 2.24) is 10.6 Å². The molecule has 1 rings (SSSR count). The maximum Gasteiger partial charge on any atom is 0.188 e. The topological polar surface area (TPSA) is 71.7 Å². The van der Waals surface area contributed by atoms with E-state index in [1.807, 2.05) is 0 Å². The summed E-state index contributed by atoms with van der Waals surface area (Å²) >= 11 is 2.21. The molecule has 2 atom stereocenters. The van der Waals surface area contributed by atoms with Crippen LogP contribution in [0.5, 0.6) is 0 Å². The molecule has 5 nitrogen and oxygen atoms in total. The van der Waals surface area contributed by atoms with Gasteiger partial charge in [0.2, 0.25) is 0 Å². The van der Waals surface area contributed by atoms with Gasteiger partial charge in [-0.3, -0.25) is 4.99 Å². The van der Waals surface area contributed by atoms with E-state index in [0.29, 0.717) is 18.0 Å². The summed E-state index contributed by atoms with van der Waals surface area (Å²) < 4.78 is 6.03. The standard InChI is InChI=1S/C10H21IN4O/c1-13-10(12)15-9-3-2-8(6-9)14-4-5-16-7-11/h8-9,14H,2-7H2,1H3,(H3,12,13,15)/t8-,9-/m0/s1. The Morgan fingerprint density at radius 1 is 1.50 bits per heavy atom. The Labute approximate surface area is 111 Å². The SMILES string of the molecule is CN=C(N)N[C@H]1CC[C@H](NCCOCI)C1. The predicted molar refractivity (Wildman–Crippen MR) is 75.0 cm³/mol. The van der Waals surface area contributed by atoms with Crippen LogP contribution in [0.3, 0.4) is 0 Å². The number of hydrogen-bond donors (Lipinski definition) is 3. The fourth-order valence-electron chi connectivity index (χ4n) is 1.96. The van der Waals surface area contributed by atoms with Gasteiger partial charge in [-0.05, 0) is 19.3 Å². The highest BCUT2D eigenvalue weighted by Crippen LogP contribution is 2.18. The molecular weight excluding hydrogens is 319 g/mol. The molecule has 0 amide bonds. The van der Waals surface area contributed by atoms with Gasteiger partial charge >= 0.3 is 0 Å². The third-order valence-electron chi connectivity index (χ3n) is 2.78. The number of nitrogens with one attached hydrogen (secondary N) is 2. The molecule has 0 heterocycles. The van der Waals surface area contributed by atoms with E-state index in [1.54, 1.807) is 7.05 Å². The second kappa shape index (κ2) is 8.08. The number of halogens is 1. The van der Waals surface area contributed by atoms with Gasteiger partial charge in [-0.15, -0.1) is 0 Å². The molecule has 0 unspecified atom stereocenters. The zero-order valence-corrected chi connectivity index (χ0v) is 11.9. The third kappa shape index (κ3) is 5.31. The van der Waals surface area contributed by atoms with Gasteiger partial charge in [0.15, 0.2) is 5.96 Å². The summed E-state index contributed by atoms with van der Waals surface area (Å²) in [5, 5.41) is 6.70. The van der Waals surface area contributed by atoms with E-state index in [-0.39, 0.29) is 0 Å². The van der Waals surface area contributed by atoms with E-state index < -0.39 is 0 Å². The molecule has 0 spiro atoms. The minimum absolute atomic E-state index is 0.465. The Balaban J connectivity index is 2.10. The lowest BCUT2D eigenvalue weighted by molar-refractivity contribution is 0.188. The first-order valence-electron chi connectivity index (χ1n) is 5.62. The minimum atomic E-state index is 0.465. The summed E-state index contributed by atoms with van der Waals surface area (Å²) in [4.78, 5) is 3.91. The molecule has 1 fully saturated rings. The van der Waals surface area contributed by atoms with Crippen molar-refractivity contribution in [3.63, 3.8) is 0 Å². The van der Waals surface area contributed by atoms with Gasteiger partial charge in [-0.1, -0.05) is 22.6 Å². The van der Waals surface area contributed by atoms with Gasteiger partial charge in [0.05, 0.1) is 11.2 Å². The van der Waals surface area contributed by atoms with Crippen LogP contribution in [0, 0.1) is 0 Å². The van der Waals surface area contributed by atoms with Gasteiger partial charge in [0.1, 0.15) is 0 Å². The second-order valence-electron chi connectivity index (χ2n) is 3.93. The van der Waals surface area contributed by atoms with Crippen molar-refractivity contribution in [2.75, 3.05) is 24.8 Å². The molecule has 0 bridgehead atoms. The fraction of sp³-hybridized carbons (Fsp3) is 0.900. The first-order valence-corrected chi connectivity index (χ1v) is 7.14. The summed E-state index contributed by atoms with van der Waals surface area (Å²) in [6.45, 7) is 1.72. The summed E-state index contributed by atoms with van der Waals surface area (Å²) in [7, 11) is 1.70. The van der Waals surface area contributed by atoms with Crippen LogP contribution >= 0.6 is 22.6 Å². The van der Waals surface area contributed by atoms with Crippen molar-refractivity contribution < 1.29 is 4.74 Å². The number of hydrogen-bond acceptors (Lipinski definition) is 3. The molecule has 1 aliphatic carbocycles. The summed E-state index contributed by atoms with van der Waals surface area (Å²) in [5.41, 5.74) is 5.64. The summed E-state index contributed by atoms with van der Waals surface area (Å²) in [6.07, 6.45) is 3.46. The molecule has 4 N–H and O–H groups in total. The van der Waals surface area contributed by atoms with Gasteiger partial charge < -0.3 is 21.1 Å². The van der Waals surface area contributed by atoms with Crippen molar-refractivity contribution in [2.45, 2.75) is 31.3 Å². The zero-order valence-electron chi connectivity index (χ0n) is 9.71. The smallest absolute Gasteiger partial charge is 0.188 e. The van der Waals surface area contributed by atoms with E-state index in [2.05, 4.69) is 38.2 Å². The quantitative estimate of drug-likeness (QED) is 0.216. The van der Waals surface area contributed by atoms with Gasteiger partial charge in [0.25, 0.3) is 0 Å². The van der Waals surface area contributed by atoms with Crippen LogP contribution < -0.4 is 16.4 Å². The highest BCUT2D eigenvalue weighted by Gasteiger charge is 2.24. The van der Waals surface area contributed by atoms with Crippen LogP contribution in [0.25, 0.3) is 0 Å². The minimum Gasteiger partial charge on any atom is -0.370 e. The molecule has 0 aromatic rings. The number of ether oxygens (including phenoxy) is 1. The van der Waals surface area contributed by atoms with Crippen LogP contribution in [-0.2, 0) is 4.74 Å². The Morgan fingerprint density at radius 3 is 2.94 bits per heavy atom. The Bertz CT molecular complexity index is 225. The molecular formula is C10H21IN4O. The van der Waals surface area contributed by atoms with E-state index in [1.165, 1.54) is 6.42 Å². The van der Waals surface area contributed by atoms with Crippen molar-refractivity contribution in [2.24, 2.45) is 10.7 Å². The average molecular weight is 340 g/mol. The molecule has 6 heteroatoms. The van der Waals surface area contributed by atoms with Crippen LogP contribution in [0.4, 0.5) is 0 Å². The maximum absolute atomic E-state index is 5.64. The zero-order chi connectivity index (χ0) is 11.8. The van der Waals surface area contributed by atoms with Crippen molar-refractivity contribution in [3.05, 3.63) is 0 Å². The molecule has 1 saturated carbocycles. The average Bonchev–Trinajstić information content (AvgIpc) is 2.72. The summed E-state index contributed by atoms with van der Waals surface area (Å²) in [6, 6.07) is 1.05. The first kappa shape index (κ1) is 14.0. The number of aliphatic imine (C=N–C) groups is 1. The molecule has 1 aliphatic rings. The first-order chi connectivity index (χ1) is 7.76. The molecule has 0 aliphatic heterocycles. The Kier molecular flexibility index (Phi) is 7.06. The Morgan fingerprint density at radius 2 is 2.25 bits per heavy atom. The lowest BCUT2D eigenvalue weighted by Crippen LogP contribution is -2.40. The lowest BCUT2D eigenvalue weighted by Gasteiger charge is -2.14. The predicted octanol–water partition coefficient (Wildman–Crippen LogP) is 0.440. The second-order valence-corrected chi connectivity index (χ2v) is 4.55. The summed E-state index contributed by atoms with van der Waals surface area (Å²) in [5.74, 6) is 0.541. The van der Waals surface area contributed by atoms with Crippen LogP contribution in [0.15, 0.2) is 4.99 Å². The Hall–Kier alpha value is -0.0800. The monoisotopic (exact) mass is 340 g/mol. The molecule has 0 aromatic heterocycles. The number of alkyl halides is 1. The third-order valence-corrected chi connectivity index (χ3v) is 3.22. The van der Waals surface area contributed by atoms with Crippen molar-refractivity contribution in [3.8, 4) is 0 Å². The van der Waals surface area contributed by atoms with Crippen LogP contribution in [-0.4, -0.2) is 42.9 Å². The normalized spacial score (nSPS) is 26.0. The van der Waals surface area contributed by atoms with Crippen molar-refractivity contribution >= 4 is 28.6 Å². The molecule has 0 radical (unpaired) electrons. The molecule has 0 saturated heterocycles. The number of nitrogens with two attached hydrogens (primary N) is 1. The lowest BCUT2D eigenvalue weighted by atomic mass is 10.2. The van der Waals surface area contributed by atoms with E-state index in [0.717, 1.165) is 30.6 Å². The van der Waals surface area contributed by atoms with E-state index in [9.17, 15) is 0 Å². The highest BCUT2D eigenvalue weighted by molar-refractivity contribution is 14.1. The number of nitrogens with zero attached hydrogens (tertiary/aromatic N) is 1. The van der Waals surface area contributed by atoms with E-state index in [4.69, 9.17) is 10.5 Å². The van der Waals surface area contributed by atoms with Gasteiger partial charge in [0, 0.05) is 25.7 Å². The van der Waals surface area contributed by atoms with Crippen LogP contribution in [0.2, 0.25) is 0 Å². The van der Waals surface area contributed by atoms with Crippen LogP contribution in [0.1, 0.15) is 19.3 Å². The number of guanidine groups is 1. The fourth-order valence-corrected chi connectivity index (χ4v) is 2.27. The molecule has 16 heavy (non-hydrogen) atoms. The highest BCUT2D eigenvalue weighted by atomic mass is 127. The maximum atomic E-state index is 5.64. The van der Waals surface area contributed by atoms with Gasteiger partial charge in [-0.25, -0.2) is 0 Å². The largest absolute Gasteiger partial charge is 0.370 e. The molecule has 0 aromatic carbocycles. The van der Waals surface area contributed by atoms with Crippen molar-refractivity contribution in [1.29, 1.82) is 0 Å². The molecule has 94 valence electrons. The van der Waals surface area contributed by atoms with Gasteiger partial charge in [-0.2, -0.15) is 0 Å². The van der Waals surface area contributed by atoms with E-state index >= 15 is 0 Å². The number of rotatable bonds is 6.